The molecule has 1 aromatic heterocycles. The second-order valence-corrected chi connectivity index (χ2v) is 8.69. The molecule has 1 aliphatic heterocycles. The molecule has 0 aliphatic carbocycles. The first-order valence-corrected chi connectivity index (χ1v) is 11.5. The second-order valence-electron chi connectivity index (χ2n) is 7.85. The lowest BCUT2D eigenvalue weighted by molar-refractivity contribution is -0.151. The fourth-order valence-electron chi connectivity index (χ4n) is 3.64. The predicted octanol–water partition coefficient (Wildman–Crippen LogP) is 4.68. The van der Waals surface area contributed by atoms with Gasteiger partial charge < -0.3 is 4.74 Å². The Balaban J connectivity index is 1.42. The molecule has 164 valence electrons. The standard InChI is InChI=1S/C25H24N2O4S/c1-3-21(23(29)18-7-5-4-6-8-18)31-24(30)19-13-22(28)27(14-19)25-26-20(15-32-25)17-11-9-16(2)10-12-17/h4-12,15,19,21H,3,13-14H2,1-2H3/t19-,21+/m0/s1. The van der Waals surface area contributed by atoms with Crippen molar-refractivity contribution < 1.29 is 19.1 Å². The fraction of sp³-hybridized carbons (Fsp3) is 0.280. The summed E-state index contributed by atoms with van der Waals surface area (Å²) in [5.74, 6) is -1.54. The first-order valence-electron chi connectivity index (χ1n) is 10.6. The maximum atomic E-state index is 12.8. The highest BCUT2D eigenvalue weighted by atomic mass is 32.1. The number of amides is 1. The van der Waals surface area contributed by atoms with Gasteiger partial charge in [0.05, 0.1) is 11.6 Å². The van der Waals surface area contributed by atoms with Crippen molar-refractivity contribution in [2.24, 2.45) is 5.92 Å². The Labute approximate surface area is 190 Å². The minimum Gasteiger partial charge on any atom is -0.454 e. The molecular weight excluding hydrogens is 424 g/mol. The Bertz CT molecular complexity index is 1120. The third-order valence-electron chi connectivity index (χ3n) is 5.51. The molecule has 2 aromatic carbocycles. The molecule has 3 aromatic rings. The summed E-state index contributed by atoms with van der Waals surface area (Å²) in [6, 6.07) is 16.8. The van der Waals surface area contributed by atoms with Crippen LogP contribution < -0.4 is 4.90 Å². The molecule has 2 atom stereocenters. The molecule has 1 saturated heterocycles. The molecule has 1 fully saturated rings. The number of hydrogen-bond donors (Lipinski definition) is 0. The van der Waals surface area contributed by atoms with Crippen molar-refractivity contribution in [3.8, 4) is 11.3 Å². The van der Waals surface area contributed by atoms with Crippen molar-refractivity contribution in [1.82, 2.24) is 4.98 Å². The largest absolute Gasteiger partial charge is 0.454 e. The van der Waals surface area contributed by atoms with Crippen molar-refractivity contribution in [3.63, 3.8) is 0 Å². The molecule has 0 radical (unpaired) electrons. The minimum absolute atomic E-state index is 0.0498. The molecular formula is C25H24N2O4S. The van der Waals surface area contributed by atoms with Crippen LogP contribution in [0.15, 0.2) is 60.0 Å². The van der Waals surface area contributed by atoms with E-state index < -0.39 is 18.0 Å². The van der Waals surface area contributed by atoms with Gasteiger partial charge in [0.2, 0.25) is 11.7 Å². The summed E-state index contributed by atoms with van der Waals surface area (Å²) in [7, 11) is 0. The van der Waals surface area contributed by atoms with Crippen molar-refractivity contribution >= 4 is 34.1 Å². The monoisotopic (exact) mass is 448 g/mol. The summed E-state index contributed by atoms with van der Waals surface area (Å²) < 4.78 is 5.53. The Kier molecular flexibility index (Phi) is 6.46. The summed E-state index contributed by atoms with van der Waals surface area (Å²) in [5, 5.41) is 2.47. The smallest absolute Gasteiger partial charge is 0.312 e. The zero-order valence-electron chi connectivity index (χ0n) is 18.0. The highest BCUT2D eigenvalue weighted by Gasteiger charge is 2.39. The van der Waals surface area contributed by atoms with Gasteiger partial charge in [0.15, 0.2) is 11.2 Å². The van der Waals surface area contributed by atoms with Crippen LogP contribution in [0.2, 0.25) is 0 Å². The number of rotatable bonds is 7. The summed E-state index contributed by atoms with van der Waals surface area (Å²) >= 11 is 1.37. The number of anilines is 1. The maximum Gasteiger partial charge on any atom is 0.312 e. The van der Waals surface area contributed by atoms with Gasteiger partial charge in [-0.05, 0) is 13.3 Å². The number of aromatic nitrogens is 1. The van der Waals surface area contributed by atoms with Crippen molar-refractivity contribution in [2.75, 3.05) is 11.4 Å². The summed E-state index contributed by atoms with van der Waals surface area (Å²) in [6.45, 7) is 4.02. The molecule has 0 unspecified atom stereocenters. The minimum atomic E-state index is -0.859. The molecule has 7 heteroatoms. The van der Waals surface area contributed by atoms with E-state index >= 15 is 0 Å². The second kappa shape index (κ2) is 9.44. The number of benzene rings is 2. The van der Waals surface area contributed by atoms with E-state index in [-0.39, 0.29) is 24.7 Å². The van der Waals surface area contributed by atoms with Crippen LogP contribution in [0.1, 0.15) is 35.7 Å². The van der Waals surface area contributed by atoms with Crippen LogP contribution in [0.4, 0.5) is 5.13 Å². The molecule has 6 nitrogen and oxygen atoms in total. The van der Waals surface area contributed by atoms with E-state index in [1.54, 1.807) is 31.2 Å². The van der Waals surface area contributed by atoms with E-state index in [4.69, 9.17) is 4.74 Å². The third-order valence-corrected chi connectivity index (χ3v) is 6.37. The summed E-state index contributed by atoms with van der Waals surface area (Å²) in [5.41, 5.74) is 3.44. The number of thiazole rings is 1. The van der Waals surface area contributed by atoms with E-state index in [0.717, 1.165) is 16.8 Å². The Hall–Kier alpha value is -3.32. The Morgan fingerprint density at radius 2 is 1.88 bits per heavy atom. The Morgan fingerprint density at radius 1 is 1.16 bits per heavy atom. The molecule has 2 heterocycles. The number of esters is 1. The van der Waals surface area contributed by atoms with Crippen molar-refractivity contribution in [1.29, 1.82) is 0 Å². The van der Waals surface area contributed by atoms with Crippen LogP contribution in [0.25, 0.3) is 11.3 Å². The van der Waals surface area contributed by atoms with Gasteiger partial charge in [0, 0.05) is 29.5 Å². The lowest BCUT2D eigenvalue weighted by Crippen LogP contribution is -2.31. The highest BCUT2D eigenvalue weighted by Crippen LogP contribution is 2.32. The number of ketones is 1. The van der Waals surface area contributed by atoms with Crippen LogP contribution in [0.5, 0.6) is 0 Å². The maximum absolute atomic E-state index is 12.8. The zero-order chi connectivity index (χ0) is 22.7. The predicted molar refractivity (Wildman–Crippen MR) is 124 cm³/mol. The van der Waals surface area contributed by atoms with Crippen LogP contribution >= 0.6 is 11.3 Å². The molecule has 1 amide bonds. The van der Waals surface area contributed by atoms with Gasteiger partial charge in [0.1, 0.15) is 0 Å². The van der Waals surface area contributed by atoms with Crippen LogP contribution in [-0.2, 0) is 14.3 Å². The van der Waals surface area contributed by atoms with Crippen LogP contribution in [0.3, 0.4) is 0 Å². The van der Waals surface area contributed by atoms with E-state index in [1.165, 1.54) is 16.2 Å². The number of ether oxygens (including phenoxy) is 1. The van der Waals surface area contributed by atoms with Gasteiger partial charge in [-0.25, -0.2) is 4.98 Å². The lowest BCUT2D eigenvalue weighted by atomic mass is 10.0. The van der Waals surface area contributed by atoms with E-state index in [2.05, 4.69) is 4.98 Å². The first-order chi connectivity index (χ1) is 15.5. The third kappa shape index (κ3) is 4.62. The van der Waals surface area contributed by atoms with Gasteiger partial charge >= 0.3 is 5.97 Å². The average molecular weight is 449 g/mol. The van der Waals surface area contributed by atoms with Gasteiger partial charge in [-0.1, -0.05) is 67.1 Å². The van der Waals surface area contributed by atoms with Gasteiger partial charge in [-0.15, -0.1) is 11.3 Å². The summed E-state index contributed by atoms with van der Waals surface area (Å²) in [6.07, 6.45) is -0.438. The first kappa shape index (κ1) is 21.9. The number of nitrogens with zero attached hydrogens (tertiary/aromatic N) is 2. The van der Waals surface area contributed by atoms with E-state index in [1.807, 2.05) is 42.6 Å². The van der Waals surface area contributed by atoms with E-state index in [0.29, 0.717) is 17.1 Å². The van der Waals surface area contributed by atoms with Gasteiger partial charge in [-0.3, -0.25) is 19.3 Å². The van der Waals surface area contributed by atoms with Crippen molar-refractivity contribution in [2.45, 2.75) is 32.8 Å². The normalized spacial score (nSPS) is 16.8. The molecule has 0 saturated carbocycles. The van der Waals surface area contributed by atoms with Crippen molar-refractivity contribution in [3.05, 3.63) is 71.1 Å². The molecule has 32 heavy (non-hydrogen) atoms. The van der Waals surface area contributed by atoms with Crippen LogP contribution in [-0.4, -0.2) is 35.3 Å². The molecule has 4 rings (SSSR count). The quantitative estimate of drug-likeness (QED) is 0.388. The fourth-order valence-corrected chi connectivity index (χ4v) is 4.50. The zero-order valence-corrected chi connectivity index (χ0v) is 18.8. The van der Waals surface area contributed by atoms with Crippen LogP contribution in [0, 0.1) is 12.8 Å². The lowest BCUT2D eigenvalue weighted by Gasteiger charge is -2.18. The SMILES string of the molecule is CC[C@@H](OC(=O)[C@H]1CC(=O)N(c2nc(-c3ccc(C)cc3)cs2)C1)C(=O)c1ccccc1. The number of Topliss-reactive ketones (excluding diaryl/α,β-unsaturated/α-hetero) is 1. The topological polar surface area (TPSA) is 76.6 Å². The van der Waals surface area contributed by atoms with Gasteiger partial charge in [0.25, 0.3) is 0 Å². The molecule has 0 spiro atoms. The average Bonchev–Trinajstić information content (AvgIpc) is 3.45. The Morgan fingerprint density at radius 3 is 2.56 bits per heavy atom. The number of aryl methyl sites for hydroxylation is 1. The summed E-state index contributed by atoms with van der Waals surface area (Å²) in [4.78, 5) is 44.2. The number of carbonyl (C=O) groups excluding carboxylic acids is 3. The highest BCUT2D eigenvalue weighted by molar-refractivity contribution is 7.14. The number of carbonyl (C=O) groups is 3. The number of hydrogen-bond acceptors (Lipinski definition) is 6. The van der Waals surface area contributed by atoms with E-state index in [9.17, 15) is 14.4 Å². The molecule has 0 N–H and O–H groups in total. The molecule has 0 bridgehead atoms. The van der Waals surface area contributed by atoms with Gasteiger partial charge in [-0.2, -0.15) is 0 Å². The molecule has 1 aliphatic rings.